The average Bonchev–Trinajstić information content (AvgIpc) is 2.60. The van der Waals surface area contributed by atoms with Gasteiger partial charge < -0.3 is 24.8 Å². The molecule has 2 unspecified atom stereocenters. The van der Waals surface area contributed by atoms with E-state index in [0.29, 0.717) is 29.7 Å². The summed E-state index contributed by atoms with van der Waals surface area (Å²) in [7, 11) is 2.52. The van der Waals surface area contributed by atoms with Gasteiger partial charge >= 0.3 is 95.0 Å². The van der Waals surface area contributed by atoms with Crippen LogP contribution in [0, 0.1) is 0 Å². The monoisotopic (exact) mass is 450 g/mol. The molecule has 0 fully saturated rings. The summed E-state index contributed by atoms with van der Waals surface area (Å²) >= 11 is 1.08. The van der Waals surface area contributed by atoms with E-state index in [9.17, 15) is 0 Å². The van der Waals surface area contributed by atoms with Crippen molar-refractivity contribution < 1.29 is 48.0 Å². The van der Waals surface area contributed by atoms with E-state index in [1.807, 2.05) is 6.04 Å². The molecule has 0 aromatic rings. The van der Waals surface area contributed by atoms with Gasteiger partial charge in [-0.05, 0) is 0 Å². The summed E-state index contributed by atoms with van der Waals surface area (Å²) in [5.74, 6) is 0. The molecule has 68 valence electrons. The molecule has 0 nitrogen and oxygen atoms in total. The molecular formula is C6H6As2Cl2P2Zr. The average molecular weight is 452 g/mol. The third kappa shape index (κ3) is 5.50. The molecule has 2 atom stereocenters. The largest absolute Gasteiger partial charge is 1.00 e. The smallest absolute Gasteiger partial charge is 1.00 e. The van der Waals surface area contributed by atoms with Crippen LogP contribution in [0.15, 0.2) is 18.2 Å². The molecular weight excluding hydrogens is 446 g/mol. The molecule has 2 heterocycles. The molecule has 0 aliphatic carbocycles. The Bertz CT molecular complexity index is 260. The molecule has 0 bridgehead atoms. The van der Waals surface area contributed by atoms with Gasteiger partial charge in [-0.3, -0.25) is 0 Å². The maximum Gasteiger partial charge on any atom is -1.00 e. The Labute approximate surface area is 118 Å². The van der Waals surface area contributed by atoms with Gasteiger partial charge in [0.15, 0.2) is 0 Å². The van der Waals surface area contributed by atoms with E-state index in [4.69, 9.17) is 0 Å². The van der Waals surface area contributed by atoms with Gasteiger partial charge in [-0.2, -0.15) is 0 Å². The van der Waals surface area contributed by atoms with Crippen LogP contribution in [0.4, 0.5) is 0 Å². The summed E-state index contributed by atoms with van der Waals surface area (Å²) in [6.07, 6.45) is 4.90. The van der Waals surface area contributed by atoms with Crippen molar-refractivity contribution in [1.29, 1.82) is 0 Å². The molecule has 2 rings (SSSR count). The van der Waals surface area contributed by atoms with Gasteiger partial charge in [0, 0.05) is 0 Å². The standard InChI is InChI=1S/2C3H3AsP.2ClH.Zr/c2*1-2-4-5-3-1;;;/h2*1-2,5H;2*1H;/q;;;;+2/p-2. The Morgan fingerprint density at radius 2 is 1.38 bits per heavy atom. The van der Waals surface area contributed by atoms with Crippen LogP contribution in [0.25, 0.3) is 0 Å². The molecule has 0 spiro atoms. The van der Waals surface area contributed by atoms with E-state index in [2.05, 4.69) is 21.8 Å². The molecule has 0 aromatic carbocycles. The fourth-order valence-electron chi connectivity index (χ4n) is 0.796. The summed E-state index contributed by atoms with van der Waals surface area (Å²) in [5, 5.41) is 0. The van der Waals surface area contributed by atoms with E-state index in [1.54, 1.807) is 0 Å². The first-order chi connectivity index (χ1) is 5.45. The van der Waals surface area contributed by atoms with Crippen molar-refractivity contribution in [2.75, 3.05) is 0 Å². The maximum absolute atomic E-state index is 2.45. The van der Waals surface area contributed by atoms with Crippen LogP contribution in [-0.2, 0) is 23.2 Å². The van der Waals surface area contributed by atoms with Crippen molar-refractivity contribution in [2.45, 2.75) is 0 Å². The second-order valence-electron chi connectivity index (χ2n) is 2.07. The van der Waals surface area contributed by atoms with E-state index < -0.39 is 0 Å². The van der Waals surface area contributed by atoms with Crippen LogP contribution in [0.5, 0.6) is 0 Å². The first kappa shape index (κ1) is 15.7. The Morgan fingerprint density at radius 3 is 1.69 bits per heavy atom. The van der Waals surface area contributed by atoms with Crippen molar-refractivity contribution in [3.05, 3.63) is 18.2 Å². The maximum atomic E-state index is 2.45. The molecule has 2 aliphatic heterocycles. The zero-order valence-corrected chi connectivity index (χ0v) is 16.2. The van der Waals surface area contributed by atoms with Crippen molar-refractivity contribution in [3.63, 3.8) is 0 Å². The van der Waals surface area contributed by atoms with Crippen molar-refractivity contribution in [2.24, 2.45) is 0 Å². The molecule has 0 saturated carbocycles. The molecule has 0 amide bonds. The van der Waals surface area contributed by atoms with Crippen molar-refractivity contribution in [1.82, 2.24) is 0 Å². The van der Waals surface area contributed by atoms with Crippen LogP contribution < -0.4 is 24.8 Å². The first-order valence-corrected chi connectivity index (χ1v) is 15.4. The molecule has 13 heavy (non-hydrogen) atoms. The van der Waals surface area contributed by atoms with Gasteiger partial charge in [0.1, 0.15) is 0 Å². The molecule has 0 radical (unpaired) electrons. The van der Waals surface area contributed by atoms with Crippen LogP contribution >= 0.6 is 14.3 Å². The van der Waals surface area contributed by atoms with Crippen LogP contribution in [0.3, 0.4) is 0 Å². The number of halogens is 2. The fourth-order valence-corrected chi connectivity index (χ4v) is 22.9. The summed E-state index contributed by atoms with van der Waals surface area (Å²) < 4.78 is 3.78. The number of allylic oxidation sites excluding steroid dienone is 2. The molecule has 2 aliphatic rings. The SMILES string of the molecule is C1=[As]P[C]([Zr+2][C]2=CC=[As]P2)=C1.[Cl-].[Cl-]. The van der Waals surface area contributed by atoms with Gasteiger partial charge in [-0.25, -0.2) is 0 Å². The zero-order valence-electron chi connectivity index (χ0n) is 6.46. The predicted octanol–water partition coefficient (Wildman–Crippen LogP) is -5.01. The Hall–Kier alpha value is 2.66. The summed E-state index contributed by atoms with van der Waals surface area (Å²) in [5.41, 5.74) is 0. The van der Waals surface area contributed by atoms with E-state index in [-0.39, 0.29) is 48.0 Å². The molecule has 7 heteroatoms. The van der Waals surface area contributed by atoms with Gasteiger partial charge in [0.2, 0.25) is 0 Å². The van der Waals surface area contributed by atoms with Gasteiger partial charge in [-0.1, -0.05) is 0 Å². The van der Waals surface area contributed by atoms with Crippen molar-refractivity contribution >= 4 is 53.6 Å². The topological polar surface area (TPSA) is 0 Å². The van der Waals surface area contributed by atoms with Crippen LogP contribution in [0.1, 0.15) is 0 Å². The van der Waals surface area contributed by atoms with E-state index >= 15 is 0 Å². The second kappa shape index (κ2) is 8.77. The summed E-state index contributed by atoms with van der Waals surface area (Å²) in [6, 6.07) is 0. The molecule has 0 aromatic heterocycles. The van der Waals surface area contributed by atoms with Gasteiger partial charge in [-0.15, -0.1) is 0 Å². The predicted molar refractivity (Wildman–Crippen MR) is 56.4 cm³/mol. The minimum Gasteiger partial charge on any atom is -1.00 e. The van der Waals surface area contributed by atoms with E-state index in [1.165, 1.54) is 14.3 Å². The Balaban J connectivity index is 0.000000720. The quantitative estimate of drug-likeness (QED) is 0.291. The summed E-state index contributed by atoms with van der Waals surface area (Å²) in [6.45, 7) is 0. The fraction of sp³-hybridized carbons (Fsp3) is 0. The minimum absolute atomic E-state index is 0. The number of hydrogen-bond acceptors (Lipinski definition) is 0. The number of hydrogen-bond donors (Lipinski definition) is 0. The first-order valence-electron chi connectivity index (χ1n) is 3.21. The normalized spacial score (nSPS) is 23.1. The van der Waals surface area contributed by atoms with Crippen molar-refractivity contribution in [3.8, 4) is 0 Å². The summed E-state index contributed by atoms with van der Waals surface area (Å²) in [4.78, 5) is 4.89. The molecule has 0 saturated heterocycles. The minimum atomic E-state index is -0.178. The van der Waals surface area contributed by atoms with Gasteiger partial charge in [0.05, 0.1) is 0 Å². The molecule has 0 N–H and O–H groups in total. The van der Waals surface area contributed by atoms with Gasteiger partial charge in [0.25, 0.3) is 0 Å². The van der Waals surface area contributed by atoms with Crippen LogP contribution in [-0.4, -0.2) is 39.3 Å². The third-order valence-electron chi connectivity index (χ3n) is 1.27. The van der Waals surface area contributed by atoms with Crippen LogP contribution in [0.2, 0.25) is 0 Å². The third-order valence-corrected chi connectivity index (χ3v) is 22.0. The number of rotatable bonds is 2. The Kier molecular flexibility index (Phi) is 10.6. The Morgan fingerprint density at radius 1 is 0.923 bits per heavy atom. The zero-order chi connectivity index (χ0) is 7.52. The second-order valence-corrected chi connectivity index (χ2v) is 17.1. The van der Waals surface area contributed by atoms with E-state index in [0.717, 1.165) is 0 Å².